The minimum absolute atomic E-state index is 0.0198. The summed E-state index contributed by atoms with van der Waals surface area (Å²) in [5.74, 6) is -0.164. The van der Waals surface area contributed by atoms with Gasteiger partial charge in [-0.3, -0.25) is 9.59 Å². The molecule has 2 amide bonds. The smallest absolute Gasteiger partial charge is 0.254 e. The number of carbonyl (C=O) groups is 2. The van der Waals surface area contributed by atoms with E-state index >= 15 is 0 Å². The fourth-order valence-electron chi connectivity index (χ4n) is 3.45. The number of carbonyl (C=O) groups excluding carboxylic acids is 2. The van der Waals surface area contributed by atoms with Crippen LogP contribution in [0.4, 0.5) is 10.1 Å². The predicted octanol–water partition coefficient (Wildman–Crippen LogP) is 4.76. The van der Waals surface area contributed by atoms with Crippen molar-refractivity contribution in [2.45, 2.75) is 17.9 Å². The van der Waals surface area contributed by atoms with Crippen molar-refractivity contribution in [1.82, 2.24) is 4.90 Å². The van der Waals surface area contributed by atoms with E-state index in [2.05, 4.69) is 5.32 Å². The molecule has 0 saturated carbocycles. The van der Waals surface area contributed by atoms with Gasteiger partial charge in [0.05, 0.1) is 5.75 Å². The molecule has 152 valence electrons. The molecule has 3 aromatic carbocycles. The Bertz CT molecular complexity index is 1050. The van der Waals surface area contributed by atoms with E-state index in [0.29, 0.717) is 24.3 Å². The van der Waals surface area contributed by atoms with Gasteiger partial charge in [0.1, 0.15) is 5.82 Å². The third-order valence-electron chi connectivity index (χ3n) is 4.99. The van der Waals surface area contributed by atoms with Crippen molar-refractivity contribution in [1.29, 1.82) is 0 Å². The summed E-state index contributed by atoms with van der Waals surface area (Å²) in [5.41, 5.74) is 3.65. The van der Waals surface area contributed by atoms with Gasteiger partial charge in [0.25, 0.3) is 5.91 Å². The highest BCUT2D eigenvalue weighted by atomic mass is 32.2. The van der Waals surface area contributed by atoms with Crippen molar-refractivity contribution in [3.63, 3.8) is 0 Å². The first-order valence-corrected chi connectivity index (χ1v) is 10.7. The minimum atomic E-state index is -0.294. The van der Waals surface area contributed by atoms with Gasteiger partial charge in [0.2, 0.25) is 5.91 Å². The molecule has 3 aromatic rings. The molecule has 1 N–H and O–H groups in total. The third-order valence-corrected chi connectivity index (χ3v) is 6.01. The highest BCUT2D eigenvalue weighted by Gasteiger charge is 2.22. The van der Waals surface area contributed by atoms with Crippen molar-refractivity contribution in [2.75, 3.05) is 17.6 Å². The normalized spacial score (nSPS) is 12.9. The second-order valence-electron chi connectivity index (χ2n) is 7.12. The number of hydrogen-bond donors (Lipinski definition) is 1. The third kappa shape index (κ3) is 4.89. The lowest BCUT2D eigenvalue weighted by molar-refractivity contribution is -0.113. The molecule has 0 atom stereocenters. The Morgan fingerprint density at radius 3 is 2.50 bits per heavy atom. The van der Waals surface area contributed by atoms with E-state index in [-0.39, 0.29) is 23.4 Å². The molecule has 0 radical (unpaired) electrons. The van der Waals surface area contributed by atoms with E-state index in [1.807, 2.05) is 53.4 Å². The Balaban J connectivity index is 1.38. The molecule has 1 aliphatic heterocycles. The Morgan fingerprint density at radius 1 is 0.967 bits per heavy atom. The zero-order chi connectivity index (χ0) is 20.9. The average Bonchev–Trinajstić information content (AvgIpc) is 2.78. The number of anilines is 1. The predicted molar refractivity (Wildman–Crippen MR) is 117 cm³/mol. The molecule has 0 saturated heterocycles. The van der Waals surface area contributed by atoms with Gasteiger partial charge < -0.3 is 10.2 Å². The number of benzene rings is 3. The van der Waals surface area contributed by atoms with Crippen molar-refractivity contribution >= 4 is 29.3 Å². The van der Waals surface area contributed by atoms with Crippen LogP contribution in [0.25, 0.3) is 0 Å². The molecule has 0 fully saturated rings. The molecule has 6 heteroatoms. The van der Waals surface area contributed by atoms with Crippen molar-refractivity contribution in [3.05, 3.63) is 95.3 Å². The summed E-state index contributed by atoms with van der Waals surface area (Å²) in [5, 5.41) is 2.91. The van der Waals surface area contributed by atoms with E-state index in [1.165, 1.54) is 29.5 Å². The lowest BCUT2D eigenvalue weighted by Crippen LogP contribution is -2.36. The van der Waals surface area contributed by atoms with Gasteiger partial charge in [-0.15, -0.1) is 11.8 Å². The molecule has 30 heavy (non-hydrogen) atoms. The van der Waals surface area contributed by atoms with Crippen LogP contribution in [0.1, 0.15) is 21.5 Å². The van der Waals surface area contributed by atoms with Gasteiger partial charge in [0, 0.05) is 29.2 Å². The zero-order valence-electron chi connectivity index (χ0n) is 16.3. The number of hydrogen-bond acceptors (Lipinski definition) is 3. The van der Waals surface area contributed by atoms with Gasteiger partial charge in [-0.1, -0.05) is 24.3 Å². The van der Waals surface area contributed by atoms with Crippen LogP contribution in [-0.4, -0.2) is 29.0 Å². The van der Waals surface area contributed by atoms with Gasteiger partial charge in [-0.25, -0.2) is 4.39 Å². The maximum absolute atomic E-state index is 13.0. The topological polar surface area (TPSA) is 49.4 Å². The van der Waals surface area contributed by atoms with E-state index in [1.54, 1.807) is 12.1 Å². The fourth-order valence-corrected chi connectivity index (χ4v) is 4.15. The average molecular weight is 421 g/mol. The quantitative estimate of drug-likeness (QED) is 0.606. The Morgan fingerprint density at radius 2 is 1.73 bits per heavy atom. The van der Waals surface area contributed by atoms with E-state index in [9.17, 15) is 14.0 Å². The van der Waals surface area contributed by atoms with Gasteiger partial charge in [-0.05, 0) is 66.1 Å². The Labute approximate surface area is 179 Å². The van der Waals surface area contributed by atoms with E-state index in [0.717, 1.165) is 16.9 Å². The molecule has 4 nitrogen and oxygen atoms in total. The molecule has 4 rings (SSSR count). The zero-order valence-corrected chi connectivity index (χ0v) is 17.1. The van der Waals surface area contributed by atoms with Crippen LogP contribution in [0.3, 0.4) is 0 Å². The first kappa shape index (κ1) is 20.2. The van der Waals surface area contributed by atoms with Crippen LogP contribution in [0, 0.1) is 5.82 Å². The molecule has 1 aliphatic rings. The largest absolute Gasteiger partial charge is 0.334 e. The summed E-state index contributed by atoms with van der Waals surface area (Å²) >= 11 is 1.36. The summed E-state index contributed by atoms with van der Waals surface area (Å²) in [7, 11) is 0. The molecular weight excluding hydrogens is 399 g/mol. The summed E-state index contributed by atoms with van der Waals surface area (Å²) in [6.45, 7) is 1.21. The van der Waals surface area contributed by atoms with Crippen molar-refractivity contribution in [2.24, 2.45) is 0 Å². The Hall–Kier alpha value is -3.12. The van der Waals surface area contributed by atoms with Crippen LogP contribution in [0.5, 0.6) is 0 Å². The number of nitrogens with zero attached hydrogens (tertiary/aromatic N) is 1. The van der Waals surface area contributed by atoms with Gasteiger partial charge >= 0.3 is 0 Å². The number of nitrogens with one attached hydrogen (secondary N) is 1. The standard InChI is InChI=1S/C24H21FN2O2S/c25-20-7-10-22(11-8-20)30-16-23(28)26-21-9-6-17-12-13-27(15-19(17)14-21)24(29)18-4-2-1-3-5-18/h1-11,14H,12-13,15-16H2,(H,26,28). The summed E-state index contributed by atoms with van der Waals surface area (Å²) in [6.07, 6.45) is 0.794. The lowest BCUT2D eigenvalue weighted by Gasteiger charge is -2.29. The summed E-state index contributed by atoms with van der Waals surface area (Å²) in [4.78, 5) is 27.7. The second-order valence-corrected chi connectivity index (χ2v) is 8.17. The number of fused-ring (bicyclic) bond motifs is 1. The van der Waals surface area contributed by atoms with Gasteiger partial charge in [-0.2, -0.15) is 0 Å². The second kappa shape index (κ2) is 9.13. The van der Waals surface area contributed by atoms with E-state index in [4.69, 9.17) is 0 Å². The fraction of sp³-hybridized carbons (Fsp3) is 0.167. The van der Waals surface area contributed by atoms with Crippen molar-refractivity contribution in [3.8, 4) is 0 Å². The van der Waals surface area contributed by atoms with Crippen LogP contribution < -0.4 is 5.32 Å². The van der Waals surface area contributed by atoms with Gasteiger partial charge in [0.15, 0.2) is 0 Å². The molecule has 0 aromatic heterocycles. The summed E-state index contributed by atoms with van der Waals surface area (Å²) < 4.78 is 13.0. The molecule has 0 unspecified atom stereocenters. The minimum Gasteiger partial charge on any atom is -0.334 e. The highest BCUT2D eigenvalue weighted by molar-refractivity contribution is 8.00. The van der Waals surface area contributed by atoms with E-state index < -0.39 is 0 Å². The lowest BCUT2D eigenvalue weighted by atomic mass is 9.98. The van der Waals surface area contributed by atoms with Crippen LogP contribution in [0.15, 0.2) is 77.7 Å². The summed E-state index contributed by atoms with van der Waals surface area (Å²) in [6, 6.07) is 21.2. The molecular formula is C24H21FN2O2S. The number of thioether (sulfide) groups is 1. The SMILES string of the molecule is O=C(CSc1ccc(F)cc1)Nc1ccc2c(c1)CN(C(=O)c1ccccc1)CC2. The van der Waals surface area contributed by atoms with Crippen LogP contribution in [-0.2, 0) is 17.8 Å². The van der Waals surface area contributed by atoms with Crippen LogP contribution >= 0.6 is 11.8 Å². The monoisotopic (exact) mass is 420 g/mol. The maximum Gasteiger partial charge on any atom is 0.254 e. The number of halogens is 1. The first-order chi connectivity index (χ1) is 14.6. The van der Waals surface area contributed by atoms with Crippen LogP contribution in [0.2, 0.25) is 0 Å². The number of rotatable bonds is 5. The number of amides is 2. The first-order valence-electron chi connectivity index (χ1n) is 9.73. The molecule has 0 aliphatic carbocycles. The Kier molecular flexibility index (Phi) is 6.14. The highest BCUT2D eigenvalue weighted by Crippen LogP contribution is 2.24. The molecule has 1 heterocycles. The molecule has 0 bridgehead atoms. The molecule has 0 spiro atoms. The van der Waals surface area contributed by atoms with Crippen molar-refractivity contribution < 1.29 is 14.0 Å². The maximum atomic E-state index is 13.0.